The summed E-state index contributed by atoms with van der Waals surface area (Å²) in [5.41, 5.74) is 2.93. The van der Waals surface area contributed by atoms with Crippen LogP contribution in [0.3, 0.4) is 0 Å². The molecule has 4 aromatic rings. The van der Waals surface area contributed by atoms with Crippen LogP contribution in [0.15, 0.2) is 108 Å². The van der Waals surface area contributed by atoms with Gasteiger partial charge in [0, 0.05) is 24.5 Å². The molecule has 0 fully saturated rings. The number of carbonyl (C=O) groups excluding carboxylic acids is 2. The van der Waals surface area contributed by atoms with Crippen LogP contribution in [0.5, 0.6) is 5.75 Å². The molecule has 1 atom stereocenters. The summed E-state index contributed by atoms with van der Waals surface area (Å²) in [6.07, 6.45) is 0.972. The predicted molar refractivity (Wildman–Crippen MR) is 178 cm³/mol. The molecule has 0 radical (unpaired) electrons. The van der Waals surface area contributed by atoms with Crippen molar-refractivity contribution in [1.29, 1.82) is 0 Å². The smallest absolute Gasteiger partial charge is 0.264 e. The minimum absolute atomic E-state index is 0.0157. The number of hydrogen-bond donors (Lipinski definition) is 1. The van der Waals surface area contributed by atoms with Crippen molar-refractivity contribution in [2.24, 2.45) is 0 Å². The standard InChI is InChI=1S/C35H38ClN3O5S/c1-4-22-37-35(41)33(23-27-11-6-5-7-12-27)38(24-28-13-9-8-10-26(28)2)34(40)25-39(30-16-14-29(36)15-17-30)45(42,43)32-20-18-31(44-3)19-21-32/h5-21,33H,4,22-25H2,1-3H3,(H,37,41)/t33-/m1/s1. The van der Waals surface area contributed by atoms with Gasteiger partial charge >= 0.3 is 0 Å². The maximum Gasteiger partial charge on any atom is 0.264 e. The first-order valence-corrected chi connectivity index (χ1v) is 16.5. The highest BCUT2D eigenvalue weighted by Gasteiger charge is 2.34. The van der Waals surface area contributed by atoms with Crippen LogP contribution in [-0.4, -0.2) is 51.4 Å². The first-order valence-electron chi connectivity index (χ1n) is 14.7. The summed E-state index contributed by atoms with van der Waals surface area (Å²) in [5, 5.41) is 3.38. The number of aryl methyl sites for hydroxylation is 1. The second-order valence-electron chi connectivity index (χ2n) is 10.6. The zero-order chi connectivity index (χ0) is 32.4. The van der Waals surface area contributed by atoms with Crippen LogP contribution in [0, 0.1) is 6.92 Å². The number of methoxy groups -OCH3 is 1. The molecule has 0 saturated carbocycles. The van der Waals surface area contributed by atoms with Gasteiger partial charge in [-0.15, -0.1) is 0 Å². The summed E-state index contributed by atoms with van der Waals surface area (Å²) in [6.45, 7) is 3.90. The van der Waals surface area contributed by atoms with Crippen LogP contribution in [0.4, 0.5) is 5.69 Å². The average Bonchev–Trinajstić information content (AvgIpc) is 3.05. The predicted octanol–water partition coefficient (Wildman–Crippen LogP) is 6.02. The van der Waals surface area contributed by atoms with Crippen molar-refractivity contribution in [1.82, 2.24) is 10.2 Å². The van der Waals surface area contributed by atoms with Crippen molar-refractivity contribution in [3.63, 3.8) is 0 Å². The molecule has 1 N–H and O–H groups in total. The van der Waals surface area contributed by atoms with Crippen molar-refractivity contribution >= 4 is 39.1 Å². The molecule has 0 aliphatic rings. The van der Waals surface area contributed by atoms with Gasteiger partial charge in [-0.2, -0.15) is 0 Å². The van der Waals surface area contributed by atoms with Crippen LogP contribution in [0.25, 0.3) is 0 Å². The Hall–Kier alpha value is -4.34. The van der Waals surface area contributed by atoms with E-state index in [2.05, 4.69) is 5.32 Å². The van der Waals surface area contributed by atoms with Gasteiger partial charge in [0.25, 0.3) is 10.0 Å². The Bertz CT molecular complexity index is 1680. The third-order valence-electron chi connectivity index (χ3n) is 7.46. The van der Waals surface area contributed by atoms with Crippen molar-refractivity contribution < 1.29 is 22.7 Å². The number of nitrogens with one attached hydrogen (secondary N) is 1. The molecule has 0 aliphatic carbocycles. The Kier molecular flexibility index (Phi) is 11.6. The Morgan fingerprint density at radius 1 is 0.889 bits per heavy atom. The highest BCUT2D eigenvalue weighted by molar-refractivity contribution is 7.92. The second kappa shape index (κ2) is 15.6. The van der Waals surface area contributed by atoms with Crippen LogP contribution < -0.4 is 14.4 Å². The molecule has 0 aromatic heterocycles. The lowest BCUT2D eigenvalue weighted by molar-refractivity contribution is -0.140. The van der Waals surface area contributed by atoms with E-state index in [9.17, 15) is 18.0 Å². The molecule has 0 spiro atoms. The summed E-state index contributed by atoms with van der Waals surface area (Å²) < 4.78 is 34.5. The molecule has 0 heterocycles. The van der Waals surface area contributed by atoms with Gasteiger partial charge in [-0.05, 0) is 78.6 Å². The molecular weight excluding hydrogens is 610 g/mol. The van der Waals surface area contributed by atoms with E-state index < -0.39 is 28.5 Å². The minimum atomic E-state index is -4.23. The number of benzene rings is 4. The number of nitrogens with zero attached hydrogens (tertiary/aromatic N) is 2. The van der Waals surface area contributed by atoms with Gasteiger partial charge in [-0.25, -0.2) is 8.42 Å². The van der Waals surface area contributed by atoms with Gasteiger partial charge in [-0.3, -0.25) is 13.9 Å². The number of amides is 2. The zero-order valence-electron chi connectivity index (χ0n) is 25.6. The Labute approximate surface area is 270 Å². The molecule has 0 bridgehead atoms. The molecule has 236 valence electrons. The second-order valence-corrected chi connectivity index (χ2v) is 12.9. The highest BCUT2D eigenvalue weighted by atomic mass is 35.5. The SMILES string of the molecule is CCCNC(=O)[C@@H](Cc1ccccc1)N(Cc1ccccc1C)C(=O)CN(c1ccc(Cl)cc1)S(=O)(=O)c1ccc(OC)cc1. The largest absolute Gasteiger partial charge is 0.497 e. The van der Waals surface area contributed by atoms with E-state index in [-0.39, 0.29) is 29.5 Å². The van der Waals surface area contributed by atoms with Gasteiger partial charge in [0.1, 0.15) is 18.3 Å². The van der Waals surface area contributed by atoms with Gasteiger partial charge < -0.3 is 15.0 Å². The van der Waals surface area contributed by atoms with Gasteiger partial charge in [-0.1, -0.05) is 73.1 Å². The molecule has 0 unspecified atom stereocenters. The quantitative estimate of drug-likeness (QED) is 0.181. The summed E-state index contributed by atoms with van der Waals surface area (Å²) in [5.74, 6) is -0.342. The van der Waals surface area contributed by atoms with E-state index >= 15 is 0 Å². The fourth-order valence-corrected chi connectivity index (χ4v) is 6.44. The number of sulfonamides is 1. The van der Waals surface area contributed by atoms with E-state index in [1.807, 2.05) is 68.4 Å². The number of rotatable bonds is 14. The molecule has 0 aliphatic heterocycles. The monoisotopic (exact) mass is 647 g/mol. The molecule has 0 saturated heterocycles. The maximum atomic E-state index is 14.5. The average molecular weight is 648 g/mol. The lowest BCUT2D eigenvalue weighted by Gasteiger charge is -2.34. The van der Waals surface area contributed by atoms with E-state index in [1.165, 1.54) is 24.1 Å². The van der Waals surface area contributed by atoms with E-state index in [4.69, 9.17) is 16.3 Å². The summed E-state index contributed by atoms with van der Waals surface area (Å²) >= 11 is 6.14. The topological polar surface area (TPSA) is 96.0 Å². The fraction of sp³-hybridized carbons (Fsp3) is 0.257. The summed E-state index contributed by atoms with van der Waals surface area (Å²) in [6, 6.07) is 28.4. The number of hydrogen-bond acceptors (Lipinski definition) is 5. The van der Waals surface area contributed by atoms with E-state index in [0.29, 0.717) is 17.3 Å². The molecule has 8 nitrogen and oxygen atoms in total. The maximum absolute atomic E-state index is 14.5. The first-order chi connectivity index (χ1) is 21.6. The Morgan fingerprint density at radius 2 is 1.53 bits per heavy atom. The molecule has 10 heteroatoms. The number of anilines is 1. The van der Waals surface area contributed by atoms with Crippen molar-refractivity contribution in [2.45, 2.75) is 44.2 Å². The fourth-order valence-electron chi connectivity index (χ4n) is 4.90. The molecule has 2 amide bonds. The van der Waals surface area contributed by atoms with Crippen LogP contribution in [-0.2, 0) is 32.6 Å². The van der Waals surface area contributed by atoms with Crippen LogP contribution in [0.1, 0.15) is 30.0 Å². The van der Waals surface area contributed by atoms with Gasteiger partial charge in [0.15, 0.2) is 0 Å². The molecule has 4 rings (SSSR count). The lowest BCUT2D eigenvalue weighted by Crippen LogP contribution is -2.53. The van der Waals surface area contributed by atoms with Gasteiger partial charge in [0.05, 0.1) is 17.7 Å². The first kappa shape index (κ1) is 33.6. The molecule has 4 aromatic carbocycles. The summed E-state index contributed by atoms with van der Waals surface area (Å²) in [4.78, 5) is 29.7. The van der Waals surface area contributed by atoms with Crippen molar-refractivity contribution in [3.8, 4) is 5.75 Å². The normalized spacial score (nSPS) is 11.8. The van der Waals surface area contributed by atoms with Crippen LogP contribution >= 0.6 is 11.6 Å². The number of halogens is 1. The molecular formula is C35H38ClN3O5S. The van der Waals surface area contributed by atoms with Crippen LogP contribution in [0.2, 0.25) is 5.02 Å². The van der Waals surface area contributed by atoms with Gasteiger partial charge in [0.2, 0.25) is 11.8 Å². The third kappa shape index (κ3) is 8.65. The Balaban J connectivity index is 1.80. The molecule has 45 heavy (non-hydrogen) atoms. The number of ether oxygens (including phenoxy) is 1. The summed E-state index contributed by atoms with van der Waals surface area (Å²) in [7, 11) is -2.74. The third-order valence-corrected chi connectivity index (χ3v) is 9.50. The minimum Gasteiger partial charge on any atom is -0.497 e. The lowest BCUT2D eigenvalue weighted by atomic mass is 10.0. The van der Waals surface area contributed by atoms with E-state index in [1.54, 1.807) is 36.4 Å². The van der Waals surface area contributed by atoms with Crippen molar-refractivity contribution in [3.05, 3.63) is 125 Å². The zero-order valence-corrected chi connectivity index (χ0v) is 27.2. The Morgan fingerprint density at radius 3 is 2.16 bits per heavy atom. The van der Waals surface area contributed by atoms with Crippen molar-refractivity contribution in [2.75, 3.05) is 24.5 Å². The van der Waals surface area contributed by atoms with E-state index in [0.717, 1.165) is 27.4 Å². The highest BCUT2D eigenvalue weighted by Crippen LogP contribution is 2.27. The number of carbonyl (C=O) groups is 2.